The number of rotatable bonds is 3. The minimum Gasteiger partial charge on any atom is -0.486 e. The molecular weight excluding hydrogens is 410 g/mol. The third-order valence-electron chi connectivity index (χ3n) is 5.98. The van der Waals surface area contributed by atoms with Crippen LogP contribution in [0.3, 0.4) is 0 Å². The Balaban J connectivity index is 0.00000218. The fourth-order valence-corrected chi connectivity index (χ4v) is 4.39. The summed E-state index contributed by atoms with van der Waals surface area (Å²) in [5.41, 5.74) is 6.60. The van der Waals surface area contributed by atoms with E-state index in [2.05, 4.69) is 15.5 Å². The van der Waals surface area contributed by atoms with Gasteiger partial charge < -0.3 is 29.9 Å². The number of hydrogen-bond acceptors (Lipinski definition) is 7. The van der Waals surface area contributed by atoms with Crippen LogP contribution < -0.4 is 20.5 Å². The summed E-state index contributed by atoms with van der Waals surface area (Å²) in [4.78, 5) is 19.2. The highest BCUT2D eigenvalue weighted by atomic mass is 35.5. The first kappa shape index (κ1) is 20.7. The van der Waals surface area contributed by atoms with Crippen LogP contribution in [-0.4, -0.2) is 40.8 Å². The van der Waals surface area contributed by atoms with Crippen molar-refractivity contribution >= 4 is 24.1 Å². The number of nitrogens with zero attached hydrogens (tertiary/aromatic N) is 3. The third kappa shape index (κ3) is 3.79. The van der Waals surface area contributed by atoms with E-state index in [9.17, 15) is 4.79 Å². The first-order valence-electron chi connectivity index (χ1n) is 10.2. The number of hydrogen-bond donors (Lipinski definition) is 2. The van der Waals surface area contributed by atoms with Crippen molar-refractivity contribution in [1.29, 1.82) is 0 Å². The van der Waals surface area contributed by atoms with E-state index in [-0.39, 0.29) is 24.5 Å². The molecule has 5 rings (SSSR count). The van der Waals surface area contributed by atoms with Crippen LogP contribution >= 0.6 is 12.4 Å². The standard InChI is InChI=1S/C20H25N5O4.ClH/c21-20(7-1-2-8-20)18-23-17(29-24-18)14-4-3-9-25(14)19(26)22-13-5-6-15-16(12-13)28-11-10-27-15;/h5-6,12,14H,1-4,7-11,21H2,(H,22,26);1H/t14-;/m0./s1. The molecule has 0 radical (unpaired) electrons. The smallest absolute Gasteiger partial charge is 0.322 e. The van der Waals surface area contributed by atoms with Crippen LogP contribution in [-0.2, 0) is 5.54 Å². The molecule has 10 heteroatoms. The maximum Gasteiger partial charge on any atom is 0.322 e. The van der Waals surface area contributed by atoms with Crippen molar-refractivity contribution in [2.45, 2.75) is 50.1 Å². The summed E-state index contributed by atoms with van der Waals surface area (Å²) in [5, 5.41) is 7.08. The maximum atomic E-state index is 12.9. The summed E-state index contributed by atoms with van der Waals surface area (Å²) in [6.45, 7) is 1.66. The summed E-state index contributed by atoms with van der Waals surface area (Å²) in [6, 6.07) is 4.95. The van der Waals surface area contributed by atoms with Crippen molar-refractivity contribution in [2.75, 3.05) is 25.1 Å². The molecule has 1 aromatic carbocycles. The molecule has 2 amide bonds. The number of carbonyl (C=O) groups excluding carboxylic acids is 1. The van der Waals surface area contributed by atoms with Gasteiger partial charge in [-0.25, -0.2) is 4.79 Å². The zero-order valence-corrected chi connectivity index (χ0v) is 17.5. The van der Waals surface area contributed by atoms with Crippen molar-refractivity contribution in [3.05, 3.63) is 29.9 Å². The quantitative estimate of drug-likeness (QED) is 0.759. The number of fused-ring (bicyclic) bond motifs is 1. The molecule has 1 aliphatic carbocycles. The number of amides is 2. The lowest BCUT2D eigenvalue weighted by Crippen LogP contribution is -2.35. The maximum absolute atomic E-state index is 12.9. The van der Waals surface area contributed by atoms with E-state index in [4.69, 9.17) is 19.7 Å². The number of ether oxygens (including phenoxy) is 2. The van der Waals surface area contributed by atoms with Crippen LogP contribution in [0, 0.1) is 0 Å². The Morgan fingerprint density at radius 2 is 1.93 bits per heavy atom. The Hall–Kier alpha value is -2.52. The Kier molecular flexibility index (Phi) is 5.75. The first-order valence-corrected chi connectivity index (χ1v) is 10.2. The summed E-state index contributed by atoms with van der Waals surface area (Å²) in [6.07, 6.45) is 5.55. The van der Waals surface area contributed by atoms with Crippen LogP contribution in [0.2, 0.25) is 0 Å². The lowest BCUT2D eigenvalue weighted by molar-refractivity contribution is 0.171. The zero-order valence-electron chi connectivity index (χ0n) is 16.6. The molecule has 0 unspecified atom stereocenters. The van der Waals surface area contributed by atoms with Crippen LogP contribution in [0.1, 0.15) is 56.3 Å². The molecule has 2 fully saturated rings. The van der Waals surface area contributed by atoms with Gasteiger partial charge in [-0.05, 0) is 37.8 Å². The van der Waals surface area contributed by atoms with Crippen LogP contribution in [0.4, 0.5) is 10.5 Å². The van der Waals surface area contributed by atoms with Gasteiger partial charge in [0.25, 0.3) is 0 Å². The second-order valence-corrected chi connectivity index (χ2v) is 7.96. The number of aromatic nitrogens is 2. The van der Waals surface area contributed by atoms with E-state index >= 15 is 0 Å². The van der Waals surface area contributed by atoms with E-state index in [0.29, 0.717) is 48.7 Å². The lowest BCUT2D eigenvalue weighted by atomic mass is 9.98. The number of anilines is 1. The Bertz CT molecular complexity index is 914. The Morgan fingerprint density at radius 3 is 2.73 bits per heavy atom. The second kappa shape index (κ2) is 8.31. The van der Waals surface area contributed by atoms with E-state index < -0.39 is 5.54 Å². The van der Waals surface area contributed by atoms with Gasteiger partial charge in [-0.15, -0.1) is 12.4 Å². The summed E-state index contributed by atoms with van der Waals surface area (Å²) in [5.74, 6) is 2.35. The molecule has 30 heavy (non-hydrogen) atoms. The van der Waals surface area contributed by atoms with Crippen LogP contribution in [0.5, 0.6) is 11.5 Å². The molecule has 1 saturated heterocycles. The number of likely N-dealkylation sites (tertiary alicyclic amines) is 1. The van der Waals surface area contributed by atoms with Gasteiger partial charge in [0.1, 0.15) is 19.3 Å². The molecule has 3 heterocycles. The van der Waals surface area contributed by atoms with Gasteiger partial charge in [0.05, 0.1) is 5.54 Å². The lowest BCUT2D eigenvalue weighted by Gasteiger charge is -2.23. The van der Waals surface area contributed by atoms with Gasteiger partial charge in [0.2, 0.25) is 5.89 Å². The number of nitrogens with one attached hydrogen (secondary N) is 1. The SMILES string of the molecule is Cl.NC1(c2noc([C@@H]3CCCN3C(=O)Nc3ccc4c(c3)OCCO4)n2)CCCC1. The van der Waals surface area contributed by atoms with E-state index in [1.165, 1.54) is 0 Å². The van der Waals surface area contributed by atoms with Crippen molar-refractivity contribution in [3.8, 4) is 11.5 Å². The summed E-state index contributed by atoms with van der Waals surface area (Å²) >= 11 is 0. The molecule has 2 aromatic rings. The number of halogens is 1. The Morgan fingerprint density at radius 1 is 1.17 bits per heavy atom. The van der Waals surface area contributed by atoms with Crippen molar-refractivity contribution < 1.29 is 18.8 Å². The average Bonchev–Trinajstić information content (AvgIpc) is 3.48. The molecule has 2 aliphatic heterocycles. The van der Waals surface area contributed by atoms with Gasteiger partial charge in [-0.1, -0.05) is 18.0 Å². The zero-order chi connectivity index (χ0) is 19.8. The second-order valence-electron chi connectivity index (χ2n) is 7.96. The van der Waals surface area contributed by atoms with Crippen LogP contribution in [0.25, 0.3) is 0 Å². The molecule has 3 aliphatic rings. The van der Waals surface area contributed by atoms with Gasteiger partial charge in [0, 0.05) is 18.3 Å². The largest absolute Gasteiger partial charge is 0.486 e. The molecule has 1 aromatic heterocycles. The van der Waals surface area contributed by atoms with Gasteiger partial charge in [-0.3, -0.25) is 0 Å². The Labute approximate surface area is 180 Å². The number of nitrogens with two attached hydrogens (primary N) is 1. The summed E-state index contributed by atoms with van der Waals surface area (Å²) < 4.78 is 16.6. The number of urea groups is 1. The monoisotopic (exact) mass is 435 g/mol. The van der Waals surface area contributed by atoms with Gasteiger partial charge in [-0.2, -0.15) is 4.98 Å². The van der Waals surface area contributed by atoms with E-state index in [0.717, 1.165) is 38.5 Å². The van der Waals surface area contributed by atoms with Crippen molar-refractivity contribution in [3.63, 3.8) is 0 Å². The molecule has 1 atom stereocenters. The van der Waals surface area contributed by atoms with Gasteiger partial charge >= 0.3 is 6.03 Å². The minimum absolute atomic E-state index is 0. The van der Waals surface area contributed by atoms with E-state index in [1.807, 2.05) is 0 Å². The molecule has 0 bridgehead atoms. The topological polar surface area (TPSA) is 116 Å². The molecule has 0 spiro atoms. The molecule has 1 saturated carbocycles. The van der Waals surface area contributed by atoms with Crippen molar-refractivity contribution in [1.82, 2.24) is 15.0 Å². The predicted octanol–water partition coefficient (Wildman–Crippen LogP) is 3.36. The number of carbonyl (C=O) groups is 1. The average molecular weight is 436 g/mol. The normalized spacial score (nSPS) is 21.9. The molecule has 3 N–H and O–H groups in total. The van der Waals surface area contributed by atoms with Crippen LogP contribution in [0.15, 0.2) is 22.7 Å². The van der Waals surface area contributed by atoms with Gasteiger partial charge in [0.15, 0.2) is 17.3 Å². The highest BCUT2D eigenvalue weighted by Gasteiger charge is 2.39. The third-order valence-corrected chi connectivity index (χ3v) is 5.98. The molecular formula is C20H26ClN5O4. The fourth-order valence-electron chi connectivity index (χ4n) is 4.39. The number of benzene rings is 1. The summed E-state index contributed by atoms with van der Waals surface area (Å²) in [7, 11) is 0. The molecule has 9 nitrogen and oxygen atoms in total. The molecule has 162 valence electrons. The fraction of sp³-hybridized carbons (Fsp3) is 0.550. The van der Waals surface area contributed by atoms with E-state index in [1.54, 1.807) is 23.1 Å². The van der Waals surface area contributed by atoms with Crippen molar-refractivity contribution in [2.24, 2.45) is 5.73 Å². The minimum atomic E-state index is -0.501. The highest BCUT2D eigenvalue weighted by Crippen LogP contribution is 2.37. The first-order chi connectivity index (χ1) is 14.1. The highest BCUT2D eigenvalue weighted by molar-refractivity contribution is 5.90. The predicted molar refractivity (Wildman–Crippen MR) is 111 cm³/mol.